The lowest BCUT2D eigenvalue weighted by Crippen LogP contribution is -2.24. The summed E-state index contributed by atoms with van der Waals surface area (Å²) in [7, 11) is 0. The van der Waals surface area contributed by atoms with Crippen LogP contribution in [0.4, 0.5) is 5.82 Å². The Morgan fingerprint density at radius 2 is 1.97 bits per heavy atom. The number of amides is 1. The molecular weight excluding hydrogens is 434 g/mol. The first-order valence-corrected chi connectivity index (χ1v) is 12.2. The first kappa shape index (κ1) is 21.3. The highest BCUT2D eigenvalue weighted by atomic mass is 32.1. The largest absolute Gasteiger partial charge is 0.310 e. The molecule has 0 aliphatic heterocycles. The van der Waals surface area contributed by atoms with Gasteiger partial charge in [0.2, 0.25) is 11.9 Å². The van der Waals surface area contributed by atoms with Gasteiger partial charge in [0, 0.05) is 18.1 Å². The number of nitrogens with one attached hydrogen (secondary N) is 2. The minimum Gasteiger partial charge on any atom is -0.310 e. The first-order chi connectivity index (χ1) is 16.2. The molecule has 3 heterocycles. The number of carbonyl (C=O) groups is 1. The van der Waals surface area contributed by atoms with Crippen LogP contribution in [-0.2, 0) is 24.1 Å². The second-order valence-electron chi connectivity index (χ2n) is 8.21. The highest BCUT2D eigenvalue weighted by Gasteiger charge is 2.20. The first-order valence-electron chi connectivity index (χ1n) is 11.3. The van der Waals surface area contributed by atoms with Crippen LogP contribution in [0.5, 0.6) is 0 Å². The van der Waals surface area contributed by atoms with Crippen molar-refractivity contribution in [1.29, 1.82) is 0 Å². The summed E-state index contributed by atoms with van der Waals surface area (Å²) in [5.41, 5.74) is 3.41. The molecule has 2 N–H and O–H groups in total. The van der Waals surface area contributed by atoms with Crippen LogP contribution in [0.15, 0.2) is 58.7 Å². The van der Waals surface area contributed by atoms with Crippen molar-refractivity contribution in [2.75, 3.05) is 5.32 Å². The third kappa shape index (κ3) is 4.80. The molecule has 5 rings (SSSR count). The molecule has 1 aliphatic carbocycles. The zero-order valence-corrected chi connectivity index (χ0v) is 19.0. The van der Waals surface area contributed by atoms with Crippen molar-refractivity contribution in [2.45, 2.75) is 44.9 Å². The SMILES string of the molecule is O=C(CCCc1ccccc1)Nc1cc(-c2cccs2)nn1-c1nc2c(c(=O)[nH]1)CCCC2. The third-order valence-corrected chi connectivity index (χ3v) is 6.73. The Morgan fingerprint density at radius 3 is 2.79 bits per heavy atom. The summed E-state index contributed by atoms with van der Waals surface area (Å²) in [6.07, 6.45) is 5.54. The molecule has 1 aliphatic rings. The number of aromatic amines is 1. The number of rotatable bonds is 7. The van der Waals surface area contributed by atoms with E-state index in [0.717, 1.165) is 60.4 Å². The van der Waals surface area contributed by atoms with Crippen LogP contribution in [0.3, 0.4) is 0 Å². The monoisotopic (exact) mass is 459 g/mol. The van der Waals surface area contributed by atoms with Gasteiger partial charge < -0.3 is 5.32 Å². The molecule has 0 radical (unpaired) electrons. The van der Waals surface area contributed by atoms with E-state index in [4.69, 9.17) is 4.98 Å². The average Bonchev–Trinajstić information content (AvgIpc) is 3.50. The average molecular weight is 460 g/mol. The Labute approximate surface area is 195 Å². The fourth-order valence-corrected chi connectivity index (χ4v) is 4.85. The topological polar surface area (TPSA) is 92.7 Å². The molecule has 1 aromatic carbocycles. The fraction of sp³-hybridized carbons (Fsp3) is 0.280. The van der Waals surface area contributed by atoms with Gasteiger partial charge in [0.1, 0.15) is 11.5 Å². The molecule has 0 bridgehead atoms. The summed E-state index contributed by atoms with van der Waals surface area (Å²) in [6, 6.07) is 15.9. The number of anilines is 1. The Kier molecular flexibility index (Phi) is 6.17. The molecular formula is C25H25N5O2S. The van der Waals surface area contributed by atoms with Crippen molar-refractivity contribution in [3.63, 3.8) is 0 Å². The molecule has 7 nitrogen and oxygen atoms in total. The predicted octanol–water partition coefficient (Wildman–Crippen LogP) is 4.52. The molecule has 33 heavy (non-hydrogen) atoms. The zero-order valence-electron chi connectivity index (χ0n) is 18.2. The Balaban J connectivity index is 1.40. The second kappa shape index (κ2) is 9.54. The third-order valence-electron chi connectivity index (χ3n) is 5.84. The number of nitrogens with zero attached hydrogens (tertiary/aromatic N) is 3. The van der Waals surface area contributed by atoms with Crippen molar-refractivity contribution in [2.24, 2.45) is 0 Å². The number of hydrogen-bond acceptors (Lipinski definition) is 5. The van der Waals surface area contributed by atoms with Gasteiger partial charge in [0.05, 0.1) is 10.6 Å². The summed E-state index contributed by atoms with van der Waals surface area (Å²) < 4.78 is 1.54. The standard InChI is InChI=1S/C25H25N5O2S/c31-23(14-6-10-17-8-2-1-3-9-17)27-22-16-20(21-13-7-15-33-21)29-30(22)25-26-19-12-5-4-11-18(19)24(32)28-25/h1-3,7-9,13,15-16H,4-6,10-12,14H2,(H,27,31)(H,26,28,32). The zero-order chi connectivity index (χ0) is 22.6. The van der Waals surface area contributed by atoms with Crippen molar-refractivity contribution in [3.8, 4) is 16.5 Å². The maximum absolute atomic E-state index is 12.7. The molecule has 3 aromatic heterocycles. The Hall–Kier alpha value is -3.52. The second-order valence-corrected chi connectivity index (χ2v) is 9.16. The van der Waals surface area contributed by atoms with E-state index >= 15 is 0 Å². The van der Waals surface area contributed by atoms with Crippen LogP contribution < -0.4 is 10.9 Å². The number of hydrogen-bond donors (Lipinski definition) is 2. The van der Waals surface area contributed by atoms with Gasteiger partial charge >= 0.3 is 0 Å². The number of H-pyrrole nitrogens is 1. The molecule has 4 aromatic rings. The van der Waals surface area contributed by atoms with Crippen LogP contribution in [0, 0.1) is 0 Å². The van der Waals surface area contributed by atoms with E-state index in [-0.39, 0.29) is 11.5 Å². The van der Waals surface area contributed by atoms with Gasteiger partial charge in [0.15, 0.2) is 0 Å². The summed E-state index contributed by atoms with van der Waals surface area (Å²) in [4.78, 5) is 34.0. The maximum atomic E-state index is 12.7. The van der Waals surface area contributed by atoms with Gasteiger partial charge in [-0.05, 0) is 55.5 Å². The normalized spacial score (nSPS) is 13.0. The molecule has 0 unspecified atom stereocenters. The number of benzene rings is 1. The van der Waals surface area contributed by atoms with Crippen molar-refractivity contribution >= 4 is 23.1 Å². The van der Waals surface area contributed by atoms with E-state index < -0.39 is 0 Å². The minimum atomic E-state index is -0.122. The van der Waals surface area contributed by atoms with Gasteiger partial charge in [-0.1, -0.05) is 36.4 Å². The summed E-state index contributed by atoms with van der Waals surface area (Å²) >= 11 is 1.57. The van der Waals surface area contributed by atoms with Crippen molar-refractivity contribution < 1.29 is 4.79 Å². The quantitative estimate of drug-likeness (QED) is 0.425. The van der Waals surface area contributed by atoms with Gasteiger partial charge in [-0.3, -0.25) is 14.6 Å². The molecule has 8 heteroatoms. The van der Waals surface area contributed by atoms with E-state index in [1.165, 1.54) is 5.56 Å². The lowest BCUT2D eigenvalue weighted by molar-refractivity contribution is -0.116. The highest BCUT2D eigenvalue weighted by molar-refractivity contribution is 7.13. The molecule has 168 valence electrons. The van der Waals surface area contributed by atoms with Crippen LogP contribution in [0.1, 0.15) is 42.5 Å². The van der Waals surface area contributed by atoms with Crippen LogP contribution in [0.2, 0.25) is 0 Å². The van der Waals surface area contributed by atoms with Crippen LogP contribution in [0.25, 0.3) is 16.5 Å². The van der Waals surface area contributed by atoms with E-state index in [1.54, 1.807) is 16.0 Å². The smallest absolute Gasteiger partial charge is 0.255 e. The van der Waals surface area contributed by atoms with Crippen LogP contribution in [-0.4, -0.2) is 25.7 Å². The van der Waals surface area contributed by atoms with Crippen molar-refractivity contribution in [3.05, 3.63) is 81.1 Å². The molecule has 0 spiro atoms. The van der Waals surface area contributed by atoms with Gasteiger partial charge in [0.25, 0.3) is 5.56 Å². The van der Waals surface area contributed by atoms with Crippen LogP contribution >= 0.6 is 11.3 Å². The van der Waals surface area contributed by atoms with E-state index in [2.05, 4.69) is 27.5 Å². The summed E-state index contributed by atoms with van der Waals surface area (Å²) in [5, 5.41) is 9.64. The molecule has 1 amide bonds. The number of aromatic nitrogens is 4. The number of aryl methyl sites for hydroxylation is 2. The fourth-order valence-electron chi connectivity index (χ4n) is 4.17. The number of fused-ring (bicyclic) bond motifs is 1. The summed E-state index contributed by atoms with van der Waals surface area (Å²) in [6.45, 7) is 0. The minimum absolute atomic E-state index is 0.0925. The van der Waals surface area contributed by atoms with E-state index in [1.807, 2.05) is 41.8 Å². The van der Waals surface area contributed by atoms with E-state index in [9.17, 15) is 9.59 Å². The Bertz CT molecular complexity index is 1310. The Morgan fingerprint density at radius 1 is 1.12 bits per heavy atom. The maximum Gasteiger partial charge on any atom is 0.255 e. The number of thiophene rings is 1. The molecule has 0 fully saturated rings. The highest BCUT2D eigenvalue weighted by Crippen LogP contribution is 2.28. The van der Waals surface area contributed by atoms with E-state index in [0.29, 0.717) is 18.2 Å². The lowest BCUT2D eigenvalue weighted by atomic mass is 9.97. The van der Waals surface area contributed by atoms with Gasteiger partial charge in [-0.15, -0.1) is 11.3 Å². The summed E-state index contributed by atoms with van der Waals surface area (Å²) in [5.74, 6) is 0.746. The number of carbonyl (C=O) groups excluding carboxylic acids is 1. The predicted molar refractivity (Wildman–Crippen MR) is 130 cm³/mol. The van der Waals surface area contributed by atoms with Crippen molar-refractivity contribution in [1.82, 2.24) is 19.7 Å². The lowest BCUT2D eigenvalue weighted by Gasteiger charge is -2.15. The van der Waals surface area contributed by atoms with Gasteiger partial charge in [-0.25, -0.2) is 4.98 Å². The van der Waals surface area contributed by atoms with Gasteiger partial charge in [-0.2, -0.15) is 9.78 Å². The molecule has 0 saturated heterocycles. The molecule has 0 atom stereocenters. The molecule has 0 saturated carbocycles.